The van der Waals surface area contributed by atoms with Crippen LogP contribution in [0, 0.1) is 0 Å². The number of rotatable bonds is 4. The van der Waals surface area contributed by atoms with Gasteiger partial charge in [0.2, 0.25) is 17.6 Å². The average molecular weight is 410 g/mol. The Bertz CT molecular complexity index is 1010. The molecule has 0 saturated heterocycles. The van der Waals surface area contributed by atoms with Gasteiger partial charge in [-0.15, -0.1) is 0 Å². The first-order valence-electron chi connectivity index (χ1n) is 8.28. The van der Waals surface area contributed by atoms with Crippen LogP contribution in [0.2, 0.25) is 0 Å². The standard InChI is InChI=1S/C18H17F3N4O2S/c1-17(2,3)12-8-14(27-25-12)23-13(26)9-28-15-10-6-4-5-7-11(10)22-16(24-15)18(19,20)21/h4-8H,9H2,1-3H3,(H,23,26). The third-order valence-electron chi connectivity index (χ3n) is 3.70. The van der Waals surface area contributed by atoms with Crippen LogP contribution in [0.25, 0.3) is 10.9 Å². The summed E-state index contributed by atoms with van der Waals surface area (Å²) >= 11 is 0.895. The van der Waals surface area contributed by atoms with Gasteiger partial charge in [-0.25, -0.2) is 9.97 Å². The summed E-state index contributed by atoms with van der Waals surface area (Å²) < 4.78 is 44.2. The van der Waals surface area contributed by atoms with E-state index in [2.05, 4.69) is 20.4 Å². The van der Waals surface area contributed by atoms with Gasteiger partial charge in [-0.1, -0.05) is 55.9 Å². The molecule has 0 aliphatic rings. The maximum Gasteiger partial charge on any atom is 0.451 e. The minimum atomic E-state index is -4.68. The molecule has 1 aromatic carbocycles. The number of hydrogen-bond acceptors (Lipinski definition) is 6. The largest absolute Gasteiger partial charge is 0.451 e. The normalized spacial score (nSPS) is 12.4. The van der Waals surface area contributed by atoms with Gasteiger partial charge in [0, 0.05) is 16.9 Å². The van der Waals surface area contributed by atoms with Crippen molar-refractivity contribution in [1.29, 1.82) is 0 Å². The van der Waals surface area contributed by atoms with Crippen molar-refractivity contribution in [2.75, 3.05) is 11.1 Å². The zero-order chi connectivity index (χ0) is 20.5. The number of amides is 1. The van der Waals surface area contributed by atoms with Crippen LogP contribution < -0.4 is 5.32 Å². The Balaban J connectivity index is 1.76. The summed E-state index contributed by atoms with van der Waals surface area (Å²) in [5.74, 6) is -1.65. The molecule has 28 heavy (non-hydrogen) atoms. The van der Waals surface area contributed by atoms with Crippen LogP contribution in [-0.4, -0.2) is 26.8 Å². The summed E-state index contributed by atoms with van der Waals surface area (Å²) in [6.45, 7) is 5.85. The Labute approximate surface area is 162 Å². The topological polar surface area (TPSA) is 80.9 Å². The number of nitrogens with zero attached hydrogens (tertiary/aromatic N) is 3. The molecule has 2 heterocycles. The van der Waals surface area contributed by atoms with Gasteiger partial charge >= 0.3 is 6.18 Å². The first-order chi connectivity index (χ1) is 13.0. The van der Waals surface area contributed by atoms with Crippen LogP contribution in [0.1, 0.15) is 32.3 Å². The van der Waals surface area contributed by atoms with Gasteiger partial charge in [0.15, 0.2) is 0 Å². The van der Waals surface area contributed by atoms with E-state index in [1.807, 2.05) is 20.8 Å². The second kappa shape index (κ2) is 7.42. The van der Waals surface area contributed by atoms with E-state index in [0.29, 0.717) is 11.1 Å². The highest BCUT2D eigenvalue weighted by atomic mass is 32.2. The van der Waals surface area contributed by atoms with Crippen LogP contribution >= 0.6 is 11.8 Å². The summed E-state index contributed by atoms with van der Waals surface area (Å²) in [6.07, 6.45) is -4.68. The highest BCUT2D eigenvalue weighted by molar-refractivity contribution is 8.00. The smallest absolute Gasteiger partial charge is 0.338 e. The van der Waals surface area contributed by atoms with Crippen molar-refractivity contribution in [3.63, 3.8) is 0 Å². The monoisotopic (exact) mass is 410 g/mol. The third-order valence-corrected chi connectivity index (χ3v) is 4.69. The lowest BCUT2D eigenvalue weighted by molar-refractivity contribution is -0.145. The molecule has 148 valence electrons. The summed E-state index contributed by atoms with van der Waals surface area (Å²) in [6, 6.07) is 7.96. The molecule has 0 atom stereocenters. The van der Waals surface area contributed by atoms with Crippen LogP contribution in [0.15, 0.2) is 39.9 Å². The molecule has 1 amide bonds. The number of hydrogen-bond donors (Lipinski definition) is 1. The number of benzene rings is 1. The van der Waals surface area contributed by atoms with Gasteiger partial charge in [-0.05, 0) is 6.07 Å². The second-order valence-corrected chi connectivity index (χ2v) is 7.99. The van der Waals surface area contributed by atoms with Crippen molar-refractivity contribution >= 4 is 34.5 Å². The summed E-state index contributed by atoms with van der Waals surface area (Å²) in [5.41, 5.74) is 0.597. The number of aromatic nitrogens is 3. The number of anilines is 1. The Kier molecular flexibility index (Phi) is 5.33. The first-order valence-corrected chi connectivity index (χ1v) is 9.26. The van der Waals surface area contributed by atoms with E-state index in [9.17, 15) is 18.0 Å². The Morgan fingerprint density at radius 2 is 1.89 bits per heavy atom. The molecule has 0 aliphatic carbocycles. The van der Waals surface area contributed by atoms with Gasteiger partial charge < -0.3 is 4.52 Å². The number of carbonyl (C=O) groups is 1. The number of carbonyl (C=O) groups excluding carboxylic acids is 1. The molecule has 0 aliphatic heterocycles. The summed E-state index contributed by atoms with van der Waals surface area (Å²) in [5, 5.41) is 6.97. The van der Waals surface area contributed by atoms with E-state index in [1.54, 1.807) is 24.3 Å². The molecular formula is C18H17F3N4O2S. The molecule has 0 spiro atoms. The molecule has 0 unspecified atom stereocenters. The number of para-hydroxylation sites is 1. The molecule has 3 aromatic rings. The van der Waals surface area contributed by atoms with Crippen LogP contribution in [0.4, 0.5) is 19.1 Å². The van der Waals surface area contributed by atoms with E-state index in [0.717, 1.165) is 11.8 Å². The Hall–Kier alpha value is -2.62. The van der Waals surface area contributed by atoms with Crippen molar-refractivity contribution in [2.24, 2.45) is 0 Å². The van der Waals surface area contributed by atoms with E-state index in [-0.39, 0.29) is 27.6 Å². The number of fused-ring (bicyclic) bond motifs is 1. The first kappa shape index (κ1) is 20.1. The van der Waals surface area contributed by atoms with Crippen molar-refractivity contribution < 1.29 is 22.5 Å². The number of halogens is 3. The van der Waals surface area contributed by atoms with Crippen molar-refractivity contribution in [3.8, 4) is 0 Å². The molecule has 6 nitrogen and oxygen atoms in total. The fourth-order valence-electron chi connectivity index (χ4n) is 2.28. The van der Waals surface area contributed by atoms with Gasteiger partial charge in [-0.2, -0.15) is 13.2 Å². The molecule has 3 rings (SSSR count). The fraction of sp³-hybridized carbons (Fsp3) is 0.333. The van der Waals surface area contributed by atoms with Gasteiger partial charge in [0.05, 0.1) is 17.0 Å². The average Bonchev–Trinajstić information content (AvgIpc) is 3.07. The van der Waals surface area contributed by atoms with Gasteiger partial charge in [-0.3, -0.25) is 10.1 Å². The molecule has 0 bridgehead atoms. The molecule has 1 N–H and O–H groups in total. The SMILES string of the molecule is CC(C)(C)c1cc(NC(=O)CSc2nc(C(F)(F)F)nc3ccccc23)on1. The molecule has 10 heteroatoms. The zero-order valence-electron chi connectivity index (χ0n) is 15.3. The lowest BCUT2D eigenvalue weighted by Crippen LogP contribution is -2.15. The minimum Gasteiger partial charge on any atom is -0.338 e. The maximum atomic E-state index is 13.0. The van der Waals surface area contributed by atoms with Gasteiger partial charge in [0.1, 0.15) is 5.03 Å². The highest BCUT2D eigenvalue weighted by Gasteiger charge is 2.35. The lowest BCUT2D eigenvalue weighted by Gasteiger charge is -2.12. The van der Waals surface area contributed by atoms with Crippen molar-refractivity contribution in [1.82, 2.24) is 15.1 Å². The van der Waals surface area contributed by atoms with Crippen molar-refractivity contribution in [3.05, 3.63) is 41.9 Å². The number of alkyl halides is 3. The van der Waals surface area contributed by atoms with Crippen LogP contribution in [0.3, 0.4) is 0 Å². The van der Waals surface area contributed by atoms with E-state index in [4.69, 9.17) is 4.52 Å². The maximum absolute atomic E-state index is 13.0. The molecule has 0 radical (unpaired) electrons. The second-order valence-electron chi connectivity index (χ2n) is 7.03. The zero-order valence-corrected chi connectivity index (χ0v) is 16.1. The minimum absolute atomic E-state index is 0.0843. The van der Waals surface area contributed by atoms with Crippen LogP contribution in [0.5, 0.6) is 0 Å². The van der Waals surface area contributed by atoms with Gasteiger partial charge in [0.25, 0.3) is 0 Å². The molecule has 0 saturated carbocycles. The number of thioether (sulfide) groups is 1. The number of nitrogens with one attached hydrogen (secondary N) is 1. The van der Waals surface area contributed by atoms with E-state index in [1.165, 1.54) is 6.07 Å². The Morgan fingerprint density at radius 3 is 2.54 bits per heavy atom. The highest BCUT2D eigenvalue weighted by Crippen LogP contribution is 2.32. The predicted molar refractivity (Wildman–Crippen MR) is 99.1 cm³/mol. The summed E-state index contributed by atoms with van der Waals surface area (Å²) in [7, 11) is 0. The summed E-state index contributed by atoms with van der Waals surface area (Å²) in [4.78, 5) is 19.3. The van der Waals surface area contributed by atoms with E-state index < -0.39 is 17.9 Å². The predicted octanol–water partition coefficient (Wildman–Crippen LogP) is 4.66. The Morgan fingerprint density at radius 1 is 1.18 bits per heavy atom. The van der Waals surface area contributed by atoms with E-state index >= 15 is 0 Å². The lowest BCUT2D eigenvalue weighted by atomic mass is 9.92. The van der Waals surface area contributed by atoms with Crippen LogP contribution in [-0.2, 0) is 16.4 Å². The van der Waals surface area contributed by atoms with Crippen molar-refractivity contribution in [2.45, 2.75) is 37.4 Å². The third kappa shape index (κ3) is 4.61. The quantitative estimate of drug-likeness (QED) is 0.498. The molecule has 0 fully saturated rings. The molecule has 2 aromatic heterocycles. The molecular weight excluding hydrogens is 393 g/mol. The fourth-order valence-corrected chi connectivity index (χ4v) is 3.10.